The highest BCUT2D eigenvalue weighted by atomic mass is 35.5. The molecule has 0 atom stereocenters. The maximum atomic E-state index is 5.99. The van der Waals surface area contributed by atoms with Crippen LogP contribution in [0.2, 0.25) is 15.1 Å². The lowest BCUT2D eigenvalue weighted by Crippen LogP contribution is -2.22. The Labute approximate surface area is 156 Å². The molecule has 0 radical (unpaired) electrons. The van der Waals surface area contributed by atoms with Gasteiger partial charge in [0.15, 0.2) is 6.73 Å². The Morgan fingerprint density at radius 3 is 1.38 bits per heavy atom. The van der Waals surface area contributed by atoms with Crippen molar-refractivity contribution in [1.29, 1.82) is 0 Å². The molecule has 0 heterocycles. The number of rotatable bonds is 5. The summed E-state index contributed by atoms with van der Waals surface area (Å²) in [5.74, 6) is 0.743. The van der Waals surface area contributed by atoms with E-state index in [-0.39, 0.29) is 0 Å². The van der Waals surface area contributed by atoms with E-state index in [2.05, 4.69) is 0 Å². The number of anilines is 2. The minimum atomic E-state index is 0.338. The van der Waals surface area contributed by atoms with Gasteiger partial charge in [-0.3, -0.25) is 0 Å². The minimum Gasteiger partial charge on any atom is -0.473 e. The van der Waals surface area contributed by atoms with Gasteiger partial charge in [-0.1, -0.05) is 34.8 Å². The molecule has 0 unspecified atom stereocenters. The molecule has 0 amide bonds. The number of ether oxygens (including phenoxy) is 1. The van der Waals surface area contributed by atoms with E-state index in [0.29, 0.717) is 21.8 Å². The highest BCUT2D eigenvalue weighted by Crippen LogP contribution is 2.28. The lowest BCUT2D eigenvalue weighted by Gasteiger charge is -2.25. The fourth-order valence-electron chi connectivity index (χ4n) is 2.21. The van der Waals surface area contributed by atoms with Crippen molar-refractivity contribution in [3.8, 4) is 5.75 Å². The molecule has 0 aliphatic carbocycles. The third kappa shape index (κ3) is 4.35. The molecule has 3 rings (SSSR count). The predicted molar refractivity (Wildman–Crippen MR) is 102 cm³/mol. The van der Waals surface area contributed by atoms with E-state index in [1.54, 1.807) is 12.1 Å². The molecule has 3 aromatic carbocycles. The second kappa shape index (κ2) is 7.80. The van der Waals surface area contributed by atoms with Gasteiger partial charge in [-0.15, -0.1) is 0 Å². The van der Waals surface area contributed by atoms with Gasteiger partial charge in [-0.25, -0.2) is 0 Å². The van der Waals surface area contributed by atoms with Crippen molar-refractivity contribution >= 4 is 46.2 Å². The standard InChI is InChI=1S/C19H14Cl3NO/c20-14-1-7-17(8-2-14)23(18-9-3-15(21)4-10-18)13-24-19-11-5-16(22)6-12-19/h1-12H,13H2. The molecule has 5 heteroatoms. The molecule has 24 heavy (non-hydrogen) atoms. The number of nitrogens with zero attached hydrogens (tertiary/aromatic N) is 1. The summed E-state index contributed by atoms with van der Waals surface area (Å²) in [6, 6.07) is 22.5. The maximum Gasteiger partial charge on any atom is 0.165 e. The SMILES string of the molecule is Clc1ccc(OCN(c2ccc(Cl)cc2)c2ccc(Cl)cc2)cc1. The first-order chi connectivity index (χ1) is 11.6. The number of hydrogen-bond acceptors (Lipinski definition) is 2. The summed E-state index contributed by atoms with van der Waals surface area (Å²) in [5, 5.41) is 2.05. The van der Waals surface area contributed by atoms with Crippen LogP contribution in [0.3, 0.4) is 0 Å². The maximum absolute atomic E-state index is 5.99. The Morgan fingerprint density at radius 1 is 0.583 bits per heavy atom. The Hall–Kier alpha value is -1.87. The van der Waals surface area contributed by atoms with Crippen LogP contribution in [0.4, 0.5) is 11.4 Å². The number of halogens is 3. The molecule has 0 N–H and O–H groups in total. The Balaban J connectivity index is 1.85. The summed E-state index contributed by atoms with van der Waals surface area (Å²) in [6.45, 7) is 0.338. The largest absolute Gasteiger partial charge is 0.473 e. The molecule has 0 aliphatic rings. The zero-order chi connectivity index (χ0) is 16.9. The molecule has 3 aromatic rings. The van der Waals surface area contributed by atoms with Gasteiger partial charge >= 0.3 is 0 Å². The van der Waals surface area contributed by atoms with Crippen molar-refractivity contribution in [2.45, 2.75) is 0 Å². The fraction of sp³-hybridized carbons (Fsp3) is 0.0526. The van der Waals surface area contributed by atoms with Crippen molar-refractivity contribution in [1.82, 2.24) is 0 Å². The quantitative estimate of drug-likeness (QED) is 0.451. The van der Waals surface area contributed by atoms with Crippen LogP contribution >= 0.6 is 34.8 Å². The summed E-state index contributed by atoms with van der Waals surface area (Å²) < 4.78 is 5.89. The summed E-state index contributed by atoms with van der Waals surface area (Å²) >= 11 is 17.9. The summed E-state index contributed by atoms with van der Waals surface area (Å²) in [7, 11) is 0. The van der Waals surface area contributed by atoms with Crippen molar-refractivity contribution in [3.63, 3.8) is 0 Å². The predicted octanol–water partition coefficient (Wildman–Crippen LogP) is 6.82. The molecule has 0 saturated heterocycles. The van der Waals surface area contributed by atoms with Crippen LogP contribution in [0.5, 0.6) is 5.75 Å². The fourth-order valence-corrected chi connectivity index (χ4v) is 2.59. The zero-order valence-corrected chi connectivity index (χ0v) is 14.9. The van der Waals surface area contributed by atoms with Gasteiger partial charge in [-0.05, 0) is 72.8 Å². The summed E-state index contributed by atoms with van der Waals surface area (Å²) in [4.78, 5) is 2.03. The molecular weight excluding hydrogens is 365 g/mol. The number of hydrogen-bond donors (Lipinski definition) is 0. The van der Waals surface area contributed by atoms with Crippen LogP contribution in [-0.4, -0.2) is 6.73 Å². The molecule has 0 aromatic heterocycles. The average Bonchev–Trinajstić information content (AvgIpc) is 2.59. The van der Waals surface area contributed by atoms with Gasteiger partial charge in [0.1, 0.15) is 5.75 Å². The van der Waals surface area contributed by atoms with Gasteiger partial charge in [-0.2, -0.15) is 0 Å². The van der Waals surface area contributed by atoms with Gasteiger partial charge in [0.05, 0.1) is 0 Å². The molecular formula is C19H14Cl3NO. The lowest BCUT2D eigenvalue weighted by molar-refractivity contribution is 0.327. The van der Waals surface area contributed by atoms with Crippen LogP contribution in [-0.2, 0) is 0 Å². The monoisotopic (exact) mass is 377 g/mol. The second-order valence-corrected chi connectivity index (χ2v) is 6.42. The van der Waals surface area contributed by atoms with E-state index in [0.717, 1.165) is 17.1 Å². The molecule has 0 aliphatic heterocycles. The zero-order valence-electron chi connectivity index (χ0n) is 12.6. The third-order valence-electron chi connectivity index (χ3n) is 3.45. The van der Waals surface area contributed by atoms with Crippen molar-refractivity contribution in [3.05, 3.63) is 87.9 Å². The smallest absolute Gasteiger partial charge is 0.165 e. The van der Waals surface area contributed by atoms with E-state index in [1.807, 2.05) is 65.6 Å². The normalized spacial score (nSPS) is 10.5. The van der Waals surface area contributed by atoms with Crippen molar-refractivity contribution in [2.24, 2.45) is 0 Å². The van der Waals surface area contributed by atoms with Crippen molar-refractivity contribution in [2.75, 3.05) is 11.6 Å². The lowest BCUT2D eigenvalue weighted by atomic mass is 10.2. The molecule has 122 valence electrons. The highest BCUT2D eigenvalue weighted by molar-refractivity contribution is 6.31. The van der Waals surface area contributed by atoms with Crippen LogP contribution in [0, 0.1) is 0 Å². The highest BCUT2D eigenvalue weighted by Gasteiger charge is 2.10. The molecule has 2 nitrogen and oxygen atoms in total. The second-order valence-electron chi connectivity index (χ2n) is 5.11. The van der Waals surface area contributed by atoms with Gasteiger partial charge in [0.2, 0.25) is 0 Å². The van der Waals surface area contributed by atoms with Crippen LogP contribution in [0.15, 0.2) is 72.8 Å². The van der Waals surface area contributed by atoms with E-state index in [9.17, 15) is 0 Å². The van der Waals surface area contributed by atoms with Gasteiger partial charge in [0, 0.05) is 26.4 Å². The minimum absolute atomic E-state index is 0.338. The molecule has 0 spiro atoms. The Kier molecular flexibility index (Phi) is 5.52. The Morgan fingerprint density at radius 2 is 0.958 bits per heavy atom. The van der Waals surface area contributed by atoms with E-state index in [4.69, 9.17) is 39.5 Å². The van der Waals surface area contributed by atoms with E-state index in [1.165, 1.54) is 0 Å². The molecule has 0 saturated carbocycles. The number of benzene rings is 3. The summed E-state index contributed by atoms with van der Waals surface area (Å²) in [5.41, 5.74) is 1.94. The average molecular weight is 379 g/mol. The van der Waals surface area contributed by atoms with Crippen LogP contribution in [0.25, 0.3) is 0 Å². The summed E-state index contributed by atoms with van der Waals surface area (Å²) in [6.07, 6.45) is 0. The Bertz CT molecular complexity index is 741. The van der Waals surface area contributed by atoms with Gasteiger partial charge < -0.3 is 9.64 Å². The first-order valence-electron chi connectivity index (χ1n) is 7.29. The van der Waals surface area contributed by atoms with E-state index < -0.39 is 0 Å². The molecule has 0 bridgehead atoms. The van der Waals surface area contributed by atoms with Gasteiger partial charge in [0.25, 0.3) is 0 Å². The third-order valence-corrected chi connectivity index (χ3v) is 4.21. The van der Waals surface area contributed by atoms with Crippen molar-refractivity contribution < 1.29 is 4.74 Å². The van der Waals surface area contributed by atoms with Crippen LogP contribution < -0.4 is 9.64 Å². The first-order valence-corrected chi connectivity index (χ1v) is 8.42. The first kappa shape index (κ1) is 17.0. The van der Waals surface area contributed by atoms with Crippen LogP contribution in [0.1, 0.15) is 0 Å². The topological polar surface area (TPSA) is 12.5 Å². The molecule has 0 fully saturated rings. The van der Waals surface area contributed by atoms with E-state index >= 15 is 0 Å².